The number of phenolic OH excluding ortho intramolecular Hbond substituents is 1. The maximum Gasteiger partial charge on any atom is 0.205 e. The van der Waals surface area contributed by atoms with Gasteiger partial charge in [0.05, 0.1) is 17.5 Å². The number of allylic oxidation sites excluding steroid dienone is 1. The van der Waals surface area contributed by atoms with Crippen molar-refractivity contribution < 1.29 is 19.3 Å². The molecule has 6 nitrogen and oxygen atoms in total. The van der Waals surface area contributed by atoms with Gasteiger partial charge in [-0.2, -0.15) is 5.26 Å². The van der Waals surface area contributed by atoms with Gasteiger partial charge in [0.15, 0.2) is 11.5 Å². The summed E-state index contributed by atoms with van der Waals surface area (Å²) in [5.41, 5.74) is 8.70. The molecule has 0 amide bonds. The predicted molar refractivity (Wildman–Crippen MR) is 124 cm³/mol. The van der Waals surface area contributed by atoms with Crippen molar-refractivity contribution in [2.75, 3.05) is 7.11 Å². The maximum atomic E-state index is 9.83. The minimum Gasteiger partial charge on any atom is -0.508 e. The molecule has 0 bridgehead atoms. The van der Waals surface area contributed by atoms with E-state index >= 15 is 0 Å². The van der Waals surface area contributed by atoms with Crippen molar-refractivity contribution in [2.45, 2.75) is 12.5 Å². The lowest BCUT2D eigenvalue weighted by atomic mass is 9.83. The number of nitriles is 1. The lowest BCUT2D eigenvalue weighted by molar-refractivity contribution is 0.282. The quantitative estimate of drug-likeness (QED) is 0.460. The van der Waals surface area contributed by atoms with Gasteiger partial charge in [-0.25, -0.2) is 0 Å². The van der Waals surface area contributed by atoms with E-state index in [1.54, 1.807) is 37.4 Å². The average Bonchev–Trinajstić information content (AvgIpc) is 2.77. The Morgan fingerprint density at radius 2 is 1.94 bits per heavy atom. The van der Waals surface area contributed by atoms with Crippen molar-refractivity contribution in [2.24, 2.45) is 5.73 Å². The number of benzene rings is 3. The molecule has 1 aliphatic rings. The van der Waals surface area contributed by atoms with Gasteiger partial charge in [-0.05, 0) is 57.4 Å². The third-order valence-corrected chi connectivity index (χ3v) is 5.93. The molecule has 0 saturated heterocycles. The minimum absolute atomic E-state index is 0.00578. The highest BCUT2D eigenvalue weighted by atomic mass is 79.9. The molecule has 3 N–H and O–H groups in total. The van der Waals surface area contributed by atoms with Gasteiger partial charge in [-0.15, -0.1) is 0 Å². The molecule has 0 aliphatic carbocycles. The monoisotopic (exact) mass is 512 g/mol. The standard InChI is InChI=1S/C24H18BrClN2O4/c1-30-21-9-14(8-19(25)23(21)31-12-13-2-4-15(26)5-3-13)22-17-7-6-16(29)10-20(17)32-24(28)18(22)11-27/h2-10,22,29H,12,28H2,1H3/t22-/m1/s1. The van der Waals surface area contributed by atoms with Crippen molar-refractivity contribution in [3.8, 4) is 29.1 Å². The Balaban J connectivity index is 1.74. The van der Waals surface area contributed by atoms with Crippen LogP contribution in [0.1, 0.15) is 22.6 Å². The topological polar surface area (TPSA) is 97.7 Å². The summed E-state index contributed by atoms with van der Waals surface area (Å²) in [6.45, 7) is 0.321. The number of ether oxygens (including phenoxy) is 3. The number of hydrogen-bond acceptors (Lipinski definition) is 6. The average molecular weight is 514 g/mol. The second-order valence-electron chi connectivity index (χ2n) is 7.10. The Hall–Kier alpha value is -3.34. The first-order valence-electron chi connectivity index (χ1n) is 9.56. The van der Waals surface area contributed by atoms with Gasteiger partial charge in [0.1, 0.15) is 29.7 Å². The number of halogens is 2. The minimum atomic E-state index is -0.500. The van der Waals surface area contributed by atoms with Crippen LogP contribution in [0.3, 0.4) is 0 Å². The number of aromatic hydroxyl groups is 1. The molecular formula is C24H18BrClN2O4. The molecule has 1 heterocycles. The van der Waals surface area contributed by atoms with E-state index in [9.17, 15) is 10.4 Å². The van der Waals surface area contributed by atoms with Gasteiger partial charge >= 0.3 is 0 Å². The van der Waals surface area contributed by atoms with Gasteiger partial charge in [0.2, 0.25) is 5.88 Å². The summed E-state index contributed by atoms with van der Waals surface area (Å²) in [5, 5.41) is 20.2. The SMILES string of the molecule is COc1cc([C@H]2C(C#N)=C(N)Oc3cc(O)ccc32)cc(Br)c1OCc1ccc(Cl)cc1. The first-order valence-corrected chi connectivity index (χ1v) is 10.7. The number of rotatable bonds is 5. The molecule has 0 saturated carbocycles. The summed E-state index contributed by atoms with van der Waals surface area (Å²) in [7, 11) is 1.55. The molecular weight excluding hydrogens is 496 g/mol. The number of nitrogens with zero attached hydrogens (tertiary/aromatic N) is 1. The lowest BCUT2D eigenvalue weighted by Gasteiger charge is -2.27. The van der Waals surface area contributed by atoms with Gasteiger partial charge in [0.25, 0.3) is 0 Å². The highest BCUT2D eigenvalue weighted by Gasteiger charge is 2.32. The zero-order valence-corrected chi connectivity index (χ0v) is 19.3. The van der Waals surface area contributed by atoms with Crippen LogP contribution in [0.4, 0.5) is 0 Å². The van der Waals surface area contributed by atoms with E-state index in [-0.39, 0.29) is 17.2 Å². The summed E-state index contributed by atoms with van der Waals surface area (Å²) >= 11 is 9.52. The molecule has 4 rings (SSSR count). The Labute approximate surface area is 198 Å². The van der Waals surface area contributed by atoms with Crippen LogP contribution < -0.4 is 19.9 Å². The van der Waals surface area contributed by atoms with Crippen molar-refractivity contribution >= 4 is 27.5 Å². The van der Waals surface area contributed by atoms with Gasteiger partial charge in [0, 0.05) is 16.7 Å². The van der Waals surface area contributed by atoms with Gasteiger partial charge in [-0.1, -0.05) is 29.8 Å². The van der Waals surface area contributed by atoms with Crippen molar-refractivity contribution in [3.05, 3.63) is 92.2 Å². The summed E-state index contributed by atoms with van der Waals surface area (Å²) < 4.78 is 17.8. The summed E-state index contributed by atoms with van der Waals surface area (Å²) in [4.78, 5) is 0. The third-order valence-electron chi connectivity index (χ3n) is 5.08. The van der Waals surface area contributed by atoms with Crippen molar-refractivity contribution in [3.63, 3.8) is 0 Å². The van der Waals surface area contributed by atoms with Gasteiger partial charge < -0.3 is 25.1 Å². The van der Waals surface area contributed by atoms with E-state index in [1.165, 1.54) is 6.07 Å². The van der Waals surface area contributed by atoms with Crippen LogP contribution >= 0.6 is 27.5 Å². The van der Waals surface area contributed by atoms with E-state index < -0.39 is 5.92 Å². The van der Waals surface area contributed by atoms with Crippen LogP contribution in [0.25, 0.3) is 0 Å². The molecule has 3 aromatic carbocycles. The van der Waals surface area contributed by atoms with E-state index in [0.29, 0.717) is 38.9 Å². The third kappa shape index (κ3) is 4.20. The Morgan fingerprint density at radius 3 is 2.62 bits per heavy atom. The van der Waals surface area contributed by atoms with E-state index in [0.717, 1.165) is 11.1 Å². The summed E-state index contributed by atoms with van der Waals surface area (Å²) in [6.07, 6.45) is 0. The fourth-order valence-corrected chi connectivity index (χ4v) is 4.27. The van der Waals surface area contributed by atoms with Crippen molar-refractivity contribution in [1.82, 2.24) is 0 Å². The highest BCUT2D eigenvalue weighted by Crippen LogP contribution is 2.47. The van der Waals surface area contributed by atoms with Crippen LogP contribution in [0, 0.1) is 11.3 Å². The normalized spacial score (nSPS) is 14.9. The van der Waals surface area contributed by atoms with Crippen LogP contribution in [-0.4, -0.2) is 12.2 Å². The first-order chi connectivity index (χ1) is 15.4. The number of nitrogens with two attached hydrogens (primary N) is 1. The van der Waals surface area contributed by atoms with Crippen molar-refractivity contribution in [1.29, 1.82) is 5.26 Å². The predicted octanol–water partition coefficient (Wildman–Crippen LogP) is 5.61. The highest BCUT2D eigenvalue weighted by molar-refractivity contribution is 9.10. The maximum absolute atomic E-state index is 9.83. The molecule has 0 aromatic heterocycles. The zero-order chi connectivity index (χ0) is 22.8. The lowest BCUT2D eigenvalue weighted by Crippen LogP contribution is -2.21. The largest absolute Gasteiger partial charge is 0.508 e. The van der Waals surface area contributed by atoms with Crippen LogP contribution in [0.2, 0.25) is 5.02 Å². The second kappa shape index (κ2) is 9.03. The number of fused-ring (bicyclic) bond motifs is 1. The molecule has 3 aromatic rings. The first kappa shape index (κ1) is 21.9. The van der Waals surface area contributed by atoms with E-state index in [2.05, 4.69) is 22.0 Å². The molecule has 0 radical (unpaired) electrons. The number of methoxy groups -OCH3 is 1. The zero-order valence-electron chi connectivity index (χ0n) is 16.9. The van der Waals surface area contributed by atoms with Crippen LogP contribution in [-0.2, 0) is 6.61 Å². The Bertz CT molecular complexity index is 1250. The number of phenols is 1. The molecule has 0 spiro atoms. The van der Waals surface area contributed by atoms with Gasteiger partial charge in [-0.3, -0.25) is 0 Å². The molecule has 1 atom stereocenters. The second-order valence-corrected chi connectivity index (χ2v) is 8.39. The fourth-order valence-electron chi connectivity index (χ4n) is 3.57. The van der Waals surface area contributed by atoms with E-state index in [4.69, 9.17) is 31.5 Å². The molecule has 162 valence electrons. The molecule has 1 aliphatic heterocycles. The summed E-state index contributed by atoms with van der Waals surface area (Å²) in [5.74, 6) is 0.948. The van der Waals surface area contributed by atoms with E-state index in [1.807, 2.05) is 18.2 Å². The molecule has 0 fully saturated rings. The molecule has 32 heavy (non-hydrogen) atoms. The molecule has 8 heteroatoms. The fraction of sp³-hybridized carbons (Fsp3) is 0.125. The van der Waals surface area contributed by atoms with Crippen LogP contribution in [0.15, 0.2) is 70.5 Å². The Morgan fingerprint density at radius 1 is 1.19 bits per heavy atom. The molecule has 0 unspecified atom stereocenters. The smallest absolute Gasteiger partial charge is 0.205 e. The summed E-state index contributed by atoms with van der Waals surface area (Å²) in [6, 6.07) is 17.9. The Kier molecular flexibility index (Phi) is 6.17. The van der Waals surface area contributed by atoms with Crippen LogP contribution in [0.5, 0.6) is 23.0 Å². The number of hydrogen-bond donors (Lipinski definition) is 2.